The lowest BCUT2D eigenvalue weighted by Gasteiger charge is -2.08. The fourth-order valence-electron chi connectivity index (χ4n) is 1.81. The van der Waals surface area contributed by atoms with Crippen LogP contribution in [-0.2, 0) is 4.79 Å². The van der Waals surface area contributed by atoms with Crippen molar-refractivity contribution in [2.45, 2.75) is 6.92 Å². The van der Waals surface area contributed by atoms with Crippen molar-refractivity contribution in [2.75, 3.05) is 19.0 Å². The van der Waals surface area contributed by atoms with E-state index in [0.29, 0.717) is 17.0 Å². The maximum absolute atomic E-state index is 11.8. The second-order valence-electron chi connectivity index (χ2n) is 4.65. The Morgan fingerprint density at radius 2 is 1.55 bits per heavy atom. The number of Topliss-reactive ketones (excluding diaryl/α,β-unsaturated/α-hetero) is 1. The van der Waals surface area contributed by atoms with Crippen LogP contribution in [0.1, 0.15) is 17.3 Å². The zero-order valence-corrected chi connectivity index (χ0v) is 12.5. The van der Waals surface area contributed by atoms with E-state index in [-0.39, 0.29) is 18.3 Å². The Bertz CT molecular complexity index is 647. The Balaban J connectivity index is 1.85. The van der Waals surface area contributed by atoms with Crippen molar-refractivity contribution < 1.29 is 19.1 Å². The third kappa shape index (κ3) is 4.34. The van der Waals surface area contributed by atoms with E-state index >= 15 is 0 Å². The monoisotopic (exact) mass is 299 g/mol. The summed E-state index contributed by atoms with van der Waals surface area (Å²) in [5, 5.41) is 2.70. The van der Waals surface area contributed by atoms with Gasteiger partial charge in [-0.05, 0) is 55.5 Å². The summed E-state index contributed by atoms with van der Waals surface area (Å²) in [5.74, 6) is 1.03. The largest absolute Gasteiger partial charge is 0.497 e. The molecule has 114 valence electrons. The van der Waals surface area contributed by atoms with Crippen molar-refractivity contribution in [2.24, 2.45) is 0 Å². The van der Waals surface area contributed by atoms with E-state index in [1.165, 1.54) is 6.92 Å². The van der Waals surface area contributed by atoms with Gasteiger partial charge in [0.05, 0.1) is 7.11 Å². The predicted molar refractivity (Wildman–Crippen MR) is 83.6 cm³/mol. The molecule has 0 unspecified atom stereocenters. The van der Waals surface area contributed by atoms with Gasteiger partial charge in [-0.3, -0.25) is 9.59 Å². The van der Waals surface area contributed by atoms with Gasteiger partial charge in [-0.1, -0.05) is 0 Å². The third-order valence-corrected chi connectivity index (χ3v) is 3.00. The third-order valence-electron chi connectivity index (χ3n) is 3.00. The maximum atomic E-state index is 11.8. The lowest BCUT2D eigenvalue weighted by Crippen LogP contribution is -2.20. The first-order valence-electron chi connectivity index (χ1n) is 6.76. The molecule has 0 atom stereocenters. The topological polar surface area (TPSA) is 64.6 Å². The average molecular weight is 299 g/mol. The molecule has 1 N–H and O–H groups in total. The van der Waals surface area contributed by atoms with Crippen LogP contribution in [0.3, 0.4) is 0 Å². The summed E-state index contributed by atoms with van der Waals surface area (Å²) >= 11 is 0. The van der Waals surface area contributed by atoms with E-state index in [1.807, 2.05) is 0 Å². The Morgan fingerprint density at radius 3 is 2.09 bits per heavy atom. The zero-order chi connectivity index (χ0) is 15.9. The van der Waals surface area contributed by atoms with Gasteiger partial charge < -0.3 is 14.8 Å². The van der Waals surface area contributed by atoms with Crippen molar-refractivity contribution in [1.29, 1.82) is 0 Å². The molecule has 0 aliphatic rings. The van der Waals surface area contributed by atoms with Crippen LogP contribution in [0.2, 0.25) is 0 Å². The number of anilines is 1. The Morgan fingerprint density at radius 1 is 0.955 bits per heavy atom. The first kappa shape index (κ1) is 15.6. The van der Waals surface area contributed by atoms with E-state index in [0.717, 1.165) is 5.75 Å². The van der Waals surface area contributed by atoms with Gasteiger partial charge in [0.15, 0.2) is 12.4 Å². The van der Waals surface area contributed by atoms with Crippen molar-refractivity contribution in [3.05, 3.63) is 54.1 Å². The van der Waals surface area contributed by atoms with Gasteiger partial charge in [-0.15, -0.1) is 0 Å². The van der Waals surface area contributed by atoms with Gasteiger partial charge in [0.1, 0.15) is 11.5 Å². The molecule has 5 nitrogen and oxygen atoms in total. The summed E-state index contributed by atoms with van der Waals surface area (Å²) < 4.78 is 10.4. The average Bonchev–Trinajstić information content (AvgIpc) is 2.54. The van der Waals surface area contributed by atoms with E-state index in [1.54, 1.807) is 55.6 Å². The number of carbonyl (C=O) groups is 2. The predicted octanol–water partition coefficient (Wildman–Crippen LogP) is 2.92. The number of hydrogen-bond donors (Lipinski definition) is 1. The number of ether oxygens (including phenoxy) is 2. The van der Waals surface area contributed by atoms with Crippen LogP contribution in [0.25, 0.3) is 0 Å². The van der Waals surface area contributed by atoms with Crippen molar-refractivity contribution in [1.82, 2.24) is 0 Å². The molecule has 0 aliphatic carbocycles. The minimum Gasteiger partial charge on any atom is -0.497 e. The highest BCUT2D eigenvalue weighted by Gasteiger charge is 2.05. The summed E-state index contributed by atoms with van der Waals surface area (Å²) in [7, 11) is 1.58. The number of carbonyl (C=O) groups excluding carboxylic acids is 2. The van der Waals surface area contributed by atoms with Gasteiger partial charge in [0.2, 0.25) is 0 Å². The number of methoxy groups -OCH3 is 1. The minimum atomic E-state index is -0.272. The fourth-order valence-corrected chi connectivity index (χ4v) is 1.81. The van der Waals surface area contributed by atoms with Crippen molar-refractivity contribution >= 4 is 17.4 Å². The highest BCUT2D eigenvalue weighted by Crippen LogP contribution is 2.17. The summed E-state index contributed by atoms with van der Waals surface area (Å²) in [5.41, 5.74) is 1.22. The molecule has 0 aromatic heterocycles. The van der Waals surface area contributed by atoms with E-state index in [2.05, 4.69) is 5.32 Å². The molecule has 0 heterocycles. The molecule has 0 spiro atoms. The van der Waals surface area contributed by atoms with Gasteiger partial charge >= 0.3 is 0 Å². The van der Waals surface area contributed by atoms with Crippen LogP contribution in [0.15, 0.2) is 48.5 Å². The molecule has 0 aliphatic heterocycles. The first-order valence-corrected chi connectivity index (χ1v) is 6.76. The first-order chi connectivity index (χ1) is 10.6. The molecule has 0 fully saturated rings. The van der Waals surface area contributed by atoms with Gasteiger partial charge in [-0.25, -0.2) is 0 Å². The maximum Gasteiger partial charge on any atom is 0.262 e. The SMILES string of the molecule is COc1ccc(OCC(=O)Nc2ccc(C(C)=O)cc2)cc1. The Kier molecular flexibility index (Phi) is 5.14. The van der Waals surface area contributed by atoms with Crippen LogP contribution in [0, 0.1) is 0 Å². The summed E-state index contributed by atoms with van der Waals surface area (Å²) in [4.78, 5) is 23.0. The molecule has 1 amide bonds. The molecule has 0 radical (unpaired) electrons. The second-order valence-corrected chi connectivity index (χ2v) is 4.65. The zero-order valence-electron chi connectivity index (χ0n) is 12.5. The lowest BCUT2D eigenvalue weighted by molar-refractivity contribution is -0.118. The number of rotatable bonds is 6. The molecule has 2 rings (SSSR count). The Labute approximate surface area is 128 Å². The standard InChI is InChI=1S/C17H17NO4/c1-12(19)13-3-5-14(6-4-13)18-17(20)11-22-16-9-7-15(21-2)8-10-16/h3-10H,11H2,1-2H3,(H,18,20). The van der Waals surface area contributed by atoms with Crippen molar-refractivity contribution in [3.63, 3.8) is 0 Å². The number of nitrogens with one attached hydrogen (secondary N) is 1. The highest BCUT2D eigenvalue weighted by molar-refractivity contribution is 5.95. The van der Waals surface area contributed by atoms with Gasteiger partial charge in [0, 0.05) is 11.3 Å². The number of ketones is 1. The number of hydrogen-bond acceptors (Lipinski definition) is 4. The molecule has 22 heavy (non-hydrogen) atoms. The van der Waals surface area contributed by atoms with E-state index in [4.69, 9.17) is 9.47 Å². The Hall–Kier alpha value is -2.82. The normalized spacial score (nSPS) is 9.91. The molecular weight excluding hydrogens is 282 g/mol. The number of benzene rings is 2. The van der Waals surface area contributed by atoms with Crippen LogP contribution >= 0.6 is 0 Å². The molecular formula is C17H17NO4. The smallest absolute Gasteiger partial charge is 0.262 e. The molecule has 0 saturated heterocycles. The van der Waals surface area contributed by atoms with E-state index in [9.17, 15) is 9.59 Å². The van der Waals surface area contributed by atoms with Crippen LogP contribution in [0.4, 0.5) is 5.69 Å². The highest BCUT2D eigenvalue weighted by atomic mass is 16.5. The van der Waals surface area contributed by atoms with Gasteiger partial charge in [0.25, 0.3) is 5.91 Å². The summed E-state index contributed by atoms with van der Waals surface area (Å²) in [6.07, 6.45) is 0. The van der Waals surface area contributed by atoms with Crippen LogP contribution < -0.4 is 14.8 Å². The molecule has 0 saturated carbocycles. The van der Waals surface area contributed by atoms with Gasteiger partial charge in [-0.2, -0.15) is 0 Å². The lowest BCUT2D eigenvalue weighted by atomic mass is 10.1. The molecule has 2 aromatic rings. The molecule has 2 aromatic carbocycles. The fraction of sp³-hybridized carbons (Fsp3) is 0.176. The van der Waals surface area contributed by atoms with Crippen LogP contribution in [-0.4, -0.2) is 25.4 Å². The van der Waals surface area contributed by atoms with Crippen molar-refractivity contribution in [3.8, 4) is 11.5 Å². The van der Waals surface area contributed by atoms with E-state index < -0.39 is 0 Å². The summed E-state index contributed by atoms with van der Waals surface area (Å²) in [6.45, 7) is 1.40. The number of amides is 1. The molecule has 0 bridgehead atoms. The second kappa shape index (κ2) is 7.26. The quantitative estimate of drug-likeness (QED) is 0.833. The molecule has 5 heteroatoms. The minimum absolute atomic E-state index is 0.0132. The van der Waals surface area contributed by atoms with Crippen LogP contribution in [0.5, 0.6) is 11.5 Å². The summed E-state index contributed by atoms with van der Waals surface area (Å²) in [6, 6.07) is 13.7.